The maximum absolute atomic E-state index is 13.3. The lowest BCUT2D eigenvalue weighted by molar-refractivity contribution is -0.134. The van der Waals surface area contributed by atoms with Gasteiger partial charge in [0.15, 0.2) is 9.84 Å². The van der Waals surface area contributed by atoms with Gasteiger partial charge in [-0.25, -0.2) is 8.42 Å². The van der Waals surface area contributed by atoms with E-state index >= 15 is 0 Å². The number of ketones is 1. The summed E-state index contributed by atoms with van der Waals surface area (Å²) >= 11 is 0. The molecule has 0 radical (unpaired) electrons. The first-order chi connectivity index (χ1) is 29.5. The van der Waals surface area contributed by atoms with Crippen LogP contribution in [-0.2, 0) is 30.0 Å². The van der Waals surface area contributed by atoms with Gasteiger partial charge in [0.25, 0.3) is 0 Å². The second kappa shape index (κ2) is 27.7. The van der Waals surface area contributed by atoms with E-state index in [1.807, 2.05) is 104 Å². The third-order valence-electron chi connectivity index (χ3n) is 9.40. The predicted molar refractivity (Wildman–Crippen MR) is 324 cm³/mol. The van der Waals surface area contributed by atoms with E-state index in [-0.39, 0.29) is 63.1 Å². The number of sulfone groups is 1. The van der Waals surface area contributed by atoms with Gasteiger partial charge in [0.1, 0.15) is 12.9 Å². The zero-order chi connectivity index (χ0) is 60.9. The highest BCUT2D eigenvalue weighted by molar-refractivity contribution is 7.94. The molecule has 0 unspecified atom stereocenters. The highest BCUT2D eigenvalue weighted by Crippen LogP contribution is 2.74. The van der Waals surface area contributed by atoms with Crippen LogP contribution in [0.15, 0.2) is 10.2 Å². The van der Waals surface area contributed by atoms with Gasteiger partial charge in [0.2, 0.25) is 0 Å². The van der Waals surface area contributed by atoms with Gasteiger partial charge in [-0.2, -0.15) is 10.2 Å². The lowest BCUT2D eigenvalue weighted by Crippen LogP contribution is -2.41. The Morgan fingerprint density at radius 3 is 0.648 bits per heavy atom. The van der Waals surface area contributed by atoms with Crippen LogP contribution in [-0.4, -0.2) is 69.7 Å². The number of nitroso groups, excluding NO2 is 1. The number of hydrogen-bond donors (Lipinski definition) is 0. The number of nitriles is 1. The largest absolute Gasteiger partial charge is 0.322 e. The summed E-state index contributed by atoms with van der Waals surface area (Å²) in [6.45, 7) is 83.9. The topological polar surface area (TPSA) is 151 Å². The maximum atomic E-state index is 13.3. The Morgan fingerprint density at radius 1 is 0.437 bits per heavy atom. The molecule has 0 bridgehead atoms. The van der Waals surface area contributed by atoms with E-state index in [9.17, 15) is 26.9 Å². The van der Waals surface area contributed by atoms with Crippen molar-refractivity contribution in [3.8, 4) is 6.07 Å². The quantitative estimate of drug-likeness (QED) is 0.133. The Hall–Kier alpha value is -1.24. The van der Waals surface area contributed by atoms with Crippen molar-refractivity contribution in [1.29, 1.82) is 5.26 Å². The number of rotatable bonds is 0. The Morgan fingerprint density at radius 2 is 0.634 bits per heavy atom. The zero-order valence-electron chi connectivity index (χ0n) is 55.6. The van der Waals surface area contributed by atoms with Gasteiger partial charge < -0.3 is 4.57 Å². The van der Waals surface area contributed by atoms with Crippen molar-refractivity contribution >= 4 is 39.3 Å². The summed E-state index contributed by atoms with van der Waals surface area (Å²) in [6, 6.07) is 2.10. The molecule has 0 rings (SSSR count). The monoisotopic (exact) mass is 1070 g/mol. The summed E-state index contributed by atoms with van der Waals surface area (Å²) in [5.41, 5.74) is 0.709. The molecule has 9 nitrogen and oxygen atoms in total. The molecule has 430 valence electrons. The summed E-state index contributed by atoms with van der Waals surface area (Å²) < 4.78 is 46.8. The van der Waals surface area contributed by atoms with Crippen LogP contribution in [0.3, 0.4) is 0 Å². The van der Waals surface area contributed by atoms with Crippen molar-refractivity contribution in [3.63, 3.8) is 0 Å². The molecule has 0 atom stereocenters. The predicted octanol–water partition coefficient (Wildman–Crippen LogP) is 19.1. The SMILES string of the molecule is CC(C)(C)C#N.CC(C)(C)C(=O)C(C)(C)C.CC(C)(C)N=C(C(C)(C)C)C(C)(C)C.CC(C)(C)N=O.CC(C)(C)P(=O)(C(C)(C)C)C(C)(C)C.CC(C)(C)S(=O)(=O)C(C)(C)C.CC(C)(C)S(=O)C(C)(C)C. The Balaban J connectivity index is -0.000000137. The van der Waals surface area contributed by atoms with Crippen LogP contribution in [0.25, 0.3) is 0 Å². The van der Waals surface area contributed by atoms with Crippen LogP contribution in [0.2, 0.25) is 0 Å². The molecule has 0 spiro atoms. The first-order valence-corrected chi connectivity index (χ1v) is 30.0. The van der Waals surface area contributed by atoms with Gasteiger partial charge in [0, 0.05) is 68.5 Å². The fourth-order valence-corrected chi connectivity index (χ4v) is 17.5. The maximum Gasteiger partial charge on any atom is 0.160 e. The summed E-state index contributed by atoms with van der Waals surface area (Å²) in [7, 11) is -6.04. The minimum Gasteiger partial charge on any atom is -0.322 e. The van der Waals surface area contributed by atoms with Crippen LogP contribution >= 0.6 is 7.14 Å². The van der Waals surface area contributed by atoms with Crippen LogP contribution < -0.4 is 0 Å². The second-order valence-electron chi connectivity index (χ2n) is 32.9. The summed E-state index contributed by atoms with van der Waals surface area (Å²) in [4.78, 5) is 25.9. The molecule has 71 heavy (non-hydrogen) atoms. The van der Waals surface area contributed by atoms with E-state index in [4.69, 9.17) is 10.3 Å². The molecule has 0 aliphatic rings. The van der Waals surface area contributed by atoms with Crippen molar-refractivity contribution < 1.29 is 22.0 Å². The van der Waals surface area contributed by atoms with E-state index in [1.165, 1.54) is 5.71 Å². The van der Waals surface area contributed by atoms with Gasteiger partial charge in [-0.3, -0.25) is 14.0 Å². The van der Waals surface area contributed by atoms with E-state index in [0.717, 1.165) is 0 Å². The molecule has 0 heterocycles. The Labute approximate surface area is 448 Å². The summed E-state index contributed by atoms with van der Waals surface area (Å²) in [5, 5.41) is 10.6. The lowest BCUT2D eigenvalue weighted by Gasteiger charge is -2.49. The number of carbonyl (C=O) groups is 1. The third kappa shape index (κ3) is 37.2. The van der Waals surface area contributed by atoms with Crippen LogP contribution in [0.5, 0.6) is 0 Å². The molecular formula is C59H126N3O6PS2. The molecule has 0 aromatic carbocycles. The average molecular weight is 1070 g/mol. The van der Waals surface area contributed by atoms with E-state index in [0.29, 0.717) is 5.78 Å². The van der Waals surface area contributed by atoms with Crippen LogP contribution in [0.1, 0.15) is 291 Å². The molecule has 0 saturated heterocycles. The standard InChI is InChI=1S/C13H27N.C12H27OP.C9H18O.C8H18O2S.C8H18OS.C5H9N.C4H9NO/c1-11(2,3)10(12(4,5)6)14-13(7,8)9;1-10(2,3)14(13,11(4,5)6)12(7,8)9;1-8(2,3)7(10)9(4,5)6;1-7(2,3)11(9,10)8(4,5)6;1-7(2,3)10(9)8(4,5)6;1-5(2,3)4-6;1-4(2,3)5-6/h2*1-9H3;1-6H3;1-6H3;1-6H3;2*1-3H3. The minimum absolute atomic E-state index is 0.0237. The number of carbonyl (C=O) groups excluding carboxylic acids is 1. The molecular weight excluding hydrogens is 942 g/mol. The molecule has 0 fully saturated rings. The molecule has 12 heteroatoms. The second-order valence-corrected chi connectivity index (χ2v) is 44.6. The van der Waals surface area contributed by atoms with Crippen molar-refractivity contribution in [2.75, 3.05) is 0 Å². The molecule has 0 amide bonds. The van der Waals surface area contributed by atoms with E-state index < -0.39 is 37.3 Å². The number of nitrogens with zero attached hydrogens (tertiary/aromatic N) is 3. The van der Waals surface area contributed by atoms with Crippen molar-refractivity contribution in [2.24, 2.45) is 37.2 Å². The fourth-order valence-electron chi connectivity index (χ4n) is 7.78. The van der Waals surface area contributed by atoms with Gasteiger partial charge in [0.05, 0.1) is 26.6 Å². The van der Waals surface area contributed by atoms with Crippen LogP contribution in [0, 0.1) is 43.3 Å². The molecule has 0 aromatic heterocycles. The van der Waals surface area contributed by atoms with Crippen molar-refractivity contribution in [2.45, 2.75) is 336 Å². The van der Waals surface area contributed by atoms with E-state index in [2.05, 4.69) is 136 Å². The number of hydrogen-bond acceptors (Lipinski definition) is 9. The van der Waals surface area contributed by atoms with Crippen LogP contribution in [0.4, 0.5) is 0 Å². The van der Waals surface area contributed by atoms with Gasteiger partial charge >= 0.3 is 0 Å². The minimum atomic E-state index is -3.01. The third-order valence-corrected chi connectivity index (χ3v) is 20.5. The average Bonchev–Trinajstić information content (AvgIpc) is 3.01. The first-order valence-electron chi connectivity index (χ1n) is 25.7. The highest BCUT2D eigenvalue weighted by Gasteiger charge is 2.53. The molecule has 0 aromatic rings. The van der Waals surface area contributed by atoms with Crippen molar-refractivity contribution in [3.05, 3.63) is 4.91 Å². The number of Topliss-reactive ketones (excluding diaryl/α,β-unsaturated/α-hetero) is 1. The highest BCUT2D eigenvalue weighted by atomic mass is 32.2. The van der Waals surface area contributed by atoms with Gasteiger partial charge in [-0.15, -0.1) is 0 Å². The normalized spacial score (nSPS) is 13.9. The smallest absolute Gasteiger partial charge is 0.160 e. The molecule has 0 saturated carbocycles. The summed E-state index contributed by atoms with van der Waals surface area (Å²) in [5.74, 6) is 0.319. The van der Waals surface area contributed by atoms with E-state index in [1.54, 1.807) is 62.3 Å². The summed E-state index contributed by atoms with van der Waals surface area (Å²) in [6.07, 6.45) is 0. The zero-order valence-corrected chi connectivity index (χ0v) is 58.1. The lowest BCUT2D eigenvalue weighted by atomic mass is 9.74. The Kier molecular flexibility index (Phi) is 32.7. The van der Waals surface area contributed by atoms with Gasteiger partial charge in [-0.1, -0.05) is 151 Å². The first kappa shape index (κ1) is 83.7. The van der Waals surface area contributed by atoms with Gasteiger partial charge in [-0.05, 0) is 145 Å². The fraction of sp³-hybridized carbons (Fsp3) is 0.949. The molecule has 0 N–H and O–H groups in total. The molecule has 0 aliphatic heterocycles. The Bertz CT molecular complexity index is 1690. The number of aliphatic imine (C=N–C) groups is 1. The molecule has 0 aliphatic carbocycles. The van der Waals surface area contributed by atoms with Crippen molar-refractivity contribution in [1.82, 2.24) is 0 Å².